The molecule has 6 nitrogen and oxygen atoms in total. The Labute approximate surface area is 169 Å². The van der Waals surface area contributed by atoms with Gasteiger partial charge in [-0.1, -0.05) is 36.7 Å². The summed E-state index contributed by atoms with van der Waals surface area (Å²) >= 11 is 1.47. The number of likely N-dealkylation sites (N-methyl/N-ethyl adjacent to an activating group) is 1. The fraction of sp³-hybridized carbons (Fsp3) is 0.524. The molecule has 28 heavy (non-hydrogen) atoms. The van der Waals surface area contributed by atoms with Crippen LogP contribution in [0.1, 0.15) is 47.3 Å². The lowest BCUT2D eigenvalue weighted by Crippen LogP contribution is -2.37. The molecule has 2 aromatic heterocycles. The normalized spacial score (nSPS) is 15.7. The first-order valence-corrected chi connectivity index (χ1v) is 10.9. The van der Waals surface area contributed by atoms with Crippen molar-refractivity contribution in [3.63, 3.8) is 0 Å². The molecule has 0 spiro atoms. The van der Waals surface area contributed by atoms with Crippen LogP contribution in [-0.4, -0.2) is 63.5 Å². The lowest BCUT2D eigenvalue weighted by molar-refractivity contribution is 0.0701. The zero-order valence-electron chi connectivity index (χ0n) is 16.6. The second-order valence-corrected chi connectivity index (χ2v) is 8.86. The maximum Gasteiger partial charge on any atom is 0.265 e. The zero-order valence-corrected chi connectivity index (χ0v) is 17.4. The Hall–Kier alpha value is -1.96. The van der Waals surface area contributed by atoms with Gasteiger partial charge < -0.3 is 10.0 Å². The topological polar surface area (TPSA) is 61.1 Å². The Morgan fingerprint density at radius 3 is 2.82 bits per heavy atom. The third-order valence-electron chi connectivity index (χ3n) is 5.76. The van der Waals surface area contributed by atoms with Crippen LogP contribution in [0, 0.1) is 0 Å². The molecule has 1 aliphatic rings. The van der Waals surface area contributed by atoms with Gasteiger partial charge in [0.05, 0.1) is 17.6 Å². The Morgan fingerprint density at radius 2 is 2.07 bits per heavy atom. The molecule has 0 bridgehead atoms. The molecule has 4 rings (SSSR count). The lowest BCUT2D eigenvalue weighted by Gasteiger charge is -2.30. The molecule has 1 N–H and O–H groups in total. The number of rotatable bonds is 6. The highest BCUT2D eigenvalue weighted by molar-refractivity contribution is 7.18. The van der Waals surface area contributed by atoms with Crippen molar-refractivity contribution in [2.45, 2.75) is 44.7 Å². The van der Waals surface area contributed by atoms with Gasteiger partial charge in [-0.3, -0.25) is 14.1 Å². The van der Waals surface area contributed by atoms with Crippen molar-refractivity contribution in [1.82, 2.24) is 19.2 Å². The predicted octanol–water partition coefficient (Wildman–Crippen LogP) is 3.38. The average Bonchev–Trinajstić information content (AvgIpc) is 3.25. The summed E-state index contributed by atoms with van der Waals surface area (Å²) in [6.07, 6.45) is 7.89. The number of aromatic nitrogens is 2. The second-order valence-electron chi connectivity index (χ2n) is 7.85. The number of hydrogen-bond acceptors (Lipinski definition) is 5. The summed E-state index contributed by atoms with van der Waals surface area (Å²) in [4.78, 5) is 23.3. The molecule has 1 aromatic carbocycles. The summed E-state index contributed by atoms with van der Waals surface area (Å²) in [5, 5.41) is 9.06. The predicted molar refractivity (Wildman–Crippen MR) is 113 cm³/mol. The Morgan fingerprint density at radius 1 is 1.29 bits per heavy atom. The van der Waals surface area contributed by atoms with Crippen LogP contribution >= 0.6 is 11.3 Å². The molecule has 0 atom stereocenters. The molecule has 1 fully saturated rings. The molecule has 1 amide bonds. The molecular formula is C21H28N4O2S. The van der Waals surface area contributed by atoms with E-state index in [4.69, 9.17) is 10.1 Å². The number of aliphatic hydroxyl groups is 1. The quantitative estimate of drug-likeness (QED) is 0.689. The summed E-state index contributed by atoms with van der Waals surface area (Å²) in [5.74, 6) is 0.109. The maximum atomic E-state index is 13.0. The van der Waals surface area contributed by atoms with Crippen molar-refractivity contribution in [2.75, 3.05) is 27.2 Å². The first-order chi connectivity index (χ1) is 13.6. The molecule has 3 aromatic rings. The molecule has 0 saturated heterocycles. The maximum absolute atomic E-state index is 13.0. The van der Waals surface area contributed by atoms with E-state index in [0.29, 0.717) is 12.6 Å². The molecule has 2 heterocycles. The average molecular weight is 401 g/mol. The van der Waals surface area contributed by atoms with E-state index >= 15 is 0 Å². The standard InChI is InChI=1S/C21H28N4O2S/c1-23(10-11-26)13-15-8-9-18-17(12-15)22-21-25(18)14-19(28-21)20(27)24(2)16-6-4-3-5-7-16/h8-9,12,14,16,26H,3-7,10-11,13H2,1-2H3. The second kappa shape index (κ2) is 8.19. The number of thiazole rings is 1. The van der Waals surface area contributed by atoms with E-state index in [9.17, 15) is 4.79 Å². The van der Waals surface area contributed by atoms with Gasteiger partial charge in [0.1, 0.15) is 4.88 Å². The lowest BCUT2D eigenvalue weighted by atomic mass is 9.94. The highest BCUT2D eigenvalue weighted by Crippen LogP contribution is 2.28. The van der Waals surface area contributed by atoms with Crippen molar-refractivity contribution < 1.29 is 9.90 Å². The fourth-order valence-corrected chi connectivity index (χ4v) is 5.11. The number of imidazole rings is 1. The third kappa shape index (κ3) is 3.79. The number of aliphatic hydroxyl groups excluding tert-OH is 1. The van der Waals surface area contributed by atoms with Crippen molar-refractivity contribution >= 4 is 33.2 Å². The monoisotopic (exact) mass is 400 g/mol. The van der Waals surface area contributed by atoms with Gasteiger partial charge in [-0.05, 0) is 37.6 Å². The van der Waals surface area contributed by atoms with E-state index in [0.717, 1.165) is 40.3 Å². The summed E-state index contributed by atoms with van der Waals surface area (Å²) in [7, 11) is 3.93. The van der Waals surface area contributed by atoms with Gasteiger partial charge in [0.2, 0.25) is 0 Å². The minimum atomic E-state index is 0.109. The molecule has 150 valence electrons. The van der Waals surface area contributed by atoms with Gasteiger partial charge in [-0.25, -0.2) is 4.98 Å². The van der Waals surface area contributed by atoms with Crippen LogP contribution in [-0.2, 0) is 6.54 Å². The summed E-state index contributed by atoms with van der Waals surface area (Å²) < 4.78 is 2.03. The zero-order chi connectivity index (χ0) is 19.7. The molecular weight excluding hydrogens is 372 g/mol. The molecule has 7 heteroatoms. The summed E-state index contributed by atoms with van der Waals surface area (Å²) in [5.41, 5.74) is 3.14. The SMILES string of the molecule is CN(CCO)Cc1ccc2c(c1)nc1sc(C(=O)N(C)C3CCCCC3)cn12. The molecule has 0 aliphatic heterocycles. The minimum Gasteiger partial charge on any atom is -0.395 e. The van der Waals surface area contributed by atoms with Crippen LogP contribution in [0.5, 0.6) is 0 Å². The van der Waals surface area contributed by atoms with Gasteiger partial charge >= 0.3 is 0 Å². The van der Waals surface area contributed by atoms with Gasteiger partial charge in [0, 0.05) is 32.4 Å². The number of carbonyl (C=O) groups is 1. The highest BCUT2D eigenvalue weighted by atomic mass is 32.1. The summed E-state index contributed by atoms with van der Waals surface area (Å²) in [6.45, 7) is 1.58. The van der Waals surface area contributed by atoms with E-state index in [2.05, 4.69) is 23.1 Å². The highest BCUT2D eigenvalue weighted by Gasteiger charge is 2.25. The number of benzene rings is 1. The van der Waals surface area contributed by atoms with E-state index in [-0.39, 0.29) is 12.5 Å². The van der Waals surface area contributed by atoms with Gasteiger partial charge in [0.15, 0.2) is 4.96 Å². The van der Waals surface area contributed by atoms with Crippen LogP contribution in [0.2, 0.25) is 0 Å². The van der Waals surface area contributed by atoms with Crippen LogP contribution in [0.25, 0.3) is 16.0 Å². The van der Waals surface area contributed by atoms with E-state index < -0.39 is 0 Å². The Balaban J connectivity index is 1.56. The van der Waals surface area contributed by atoms with Gasteiger partial charge in [-0.2, -0.15) is 0 Å². The summed E-state index contributed by atoms with van der Waals surface area (Å²) in [6, 6.07) is 6.63. The van der Waals surface area contributed by atoms with Crippen molar-refractivity contribution in [3.8, 4) is 0 Å². The van der Waals surface area contributed by atoms with Crippen LogP contribution in [0.15, 0.2) is 24.4 Å². The van der Waals surface area contributed by atoms with Crippen LogP contribution in [0.4, 0.5) is 0 Å². The minimum absolute atomic E-state index is 0.109. The Bertz CT molecular complexity index is 974. The fourth-order valence-electron chi connectivity index (χ4n) is 4.13. The first-order valence-electron chi connectivity index (χ1n) is 10.0. The van der Waals surface area contributed by atoms with Crippen molar-refractivity contribution in [3.05, 3.63) is 34.8 Å². The number of carbonyl (C=O) groups excluding carboxylic acids is 1. The number of amides is 1. The molecule has 1 saturated carbocycles. The van der Waals surface area contributed by atoms with Crippen LogP contribution in [0.3, 0.4) is 0 Å². The van der Waals surface area contributed by atoms with Crippen molar-refractivity contribution in [2.24, 2.45) is 0 Å². The third-order valence-corrected chi connectivity index (χ3v) is 6.73. The van der Waals surface area contributed by atoms with Gasteiger partial charge in [0.25, 0.3) is 5.91 Å². The molecule has 0 radical (unpaired) electrons. The number of nitrogens with zero attached hydrogens (tertiary/aromatic N) is 4. The number of fused-ring (bicyclic) bond motifs is 3. The first kappa shape index (κ1) is 19.4. The van der Waals surface area contributed by atoms with Gasteiger partial charge in [-0.15, -0.1) is 0 Å². The van der Waals surface area contributed by atoms with Crippen LogP contribution < -0.4 is 0 Å². The smallest absolute Gasteiger partial charge is 0.265 e. The largest absolute Gasteiger partial charge is 0.395 e. The van der Waals surface area contributed by atoms with E-state index in [1.807, 2.05) is 29.6 Å². The number of hydrogen-bond donors (Lipinski definition) is 1. The Kier molecular flexibility index (Phi) is 5.66. The van der Waals surface area contributed by atoms with Crippen molar-refractivity contribution in [1.29, 1.82) is 0 Å². The van der Waals surface area contributed by atoms with E-state index in [1.54, 1.807) is 0 Å². The molecule has 0 unspecified atom stereocenters. The van der Waals surface area contributed by atoms with E-state index in [1.165, 1.54) is 36.2 Å². The molecule has 1 aliphatic carbocycles.